The fourth-order valence-electron chi connectivity index (χ4n) is 1.34. The molecular weight excluding hydrogens is 198 g/mol. The molecule has 0 saturated carbocycles. The van der Waals surface area contributed by atoms with Gasteiger partial charge in [0, 0.05) is 18.3 Å². The van der Waals surface area contributed by atoms with Crippen LogP contribution in [0.15, 0.2) is 48.2 Å². The van der Waals surface area contributed by atoms with E-state index in [2.05, 4.69) is 25.5 Å². The van der Waals surface area contributed by atoms with Crippen molar-refractivity contribution in [3.8, 4) is 0 Å². The Morgan fingerprint density at radius 3 is 2.56 bits per heavy atom. The van der Waals surface area contributed by atoms with E-state index in [9.17, 15) is 0 Å². The fourth-order valence-corrected chi connectivity index (χ4v) is 1.34. The lowest BCUT2D eigenvalue weighted by atomic mass is 10.2. The molecule has 0 heterocycles. The summed E-state index contributed by atoms with van der Waals surface area (Å²) in [4.78, 5) is 0. The Morgan fingerprint density at radius 2 is 2.06 bits per heavy atom. The van der Waals surface area contributed by atoms with Crippen LogP contribution in [0.2, 0.25) is 0 Å². The Morgan fingerprint density at radius 1 is 1.44 bits per heavy atom. The van der Waals surface area contributed by atoms with Crippen molar-refractivity contribution in [2.75, 3.05) is 6.54 Å². The number of benzene rings is 1. The fraction of sp³-hybridized carbons (Fsp3) is 0.308. The third kappa shape index (κ3) is 3.77. The third-order valence-corrected chi connectivity index (χ3v) is 2.07. The number of hydrogen-bond acceptors (Lipinski definition) is 2. The Bertz CT molecular complexity index is 355. The molecule has 0 amide bonds. The summed E-state index contributed by atoms with van der Waals surface area (Å²) in [5, 5.41) is 6.09. The molecule has 0 aliphatic heterocycles. The molecule has 0 aliphatic carbocycles. The Kier molecular flexibility index (Phi) is 4.58. The number of amidine groups is 1. The van der Waals surface area contributed by atoms with Crippen LogP contribution in [-0.4, -0.2) is 17.4 Å². The topological polar surface area (TPSA) is 41.6 Å². The first kappa shape index (κ1) is 12.3. The van der Waals surface area contributed by atoms with Gasteiger partial charge in [0.1, 0.15) is 0 Å². The summed E-state index contributed by atoms with van der Waals surface area (Å²) in [6.45, 7) is 8.80. The van der Waals surface area contributed by atoms with E-state index < -0.39 is 0 Å². The molecule has 3 heteroatoms. The maximum absolute atomic E-state index is 5.91. The van der Waals surface area contributed by atoms with E-state index in [1.807, 2.05) is 30.3 Å². The van der Waals surface area contributed by atoms with Gasteiger partial charge in [-0.2, -0.15) is 5.10 Å². The zero-order valence-electron chi connectivity index (χ0n) is 9.93. The van der Waals surface area contributed by atoms with Crippen molar-refractivity contribution >= 4 is 5.84 Å². The second-order valence-electron chi connectivity index (χ2n) is 4.05. The van der Waals surface area contributed by atoms with Crippen molar-refractivity contribution in [3.05, 3.63) is 48.7 Å². The second-order valence-corrected chi connectivity index (χ2v) is 4.05. The zero-order valence-corrected chi connectivity index (χ0v) is 9.93. The van der Waals surface area contributed by atoms with Gasteiger partial charge < -0.3 is 5.73 Å². The number of hydrazone groups is 1. The van der Waals surface area contributed by atoms with E-state index in [1.54, 1.807) is 11.2 Å². The van der Waals surface area contributed by atoms with Crippen LogP contribution in [0.1, 0.15) is 19.4 Å². The highest BCUT2D eigenvalue weighted by atomic mass is 15.4. The first-order valence-corrected chi connectivity index (χ1v) is 5.42. The van der Waals surface area contributed by atoms with Gasteiger partial charge in [0.05, 0.1) is 0 Å². The number of nitrogens with zero attached hydrogens (tertiary/aromatic N) is 2. The number of hydrogen-bond donors (Lipinski definition) is 1. The van der Waals surface area contributed by atoms with Gasteiger partial charge in [-0.3, -0.25) is 5.01 Å². The Hall–Kier alpha value is -1.77. The summed E-state index contributed by atoms with van der Waals surface area (Å²) in [5.41, 5.74) is 6.84. The Balaban J connectivity index is 2.78. The second kappa shape index (κ2) is 5.95. The maximum Gasteiger partial charge on any atom is 0.151 e. The highest BCUT2D eigenvalue weighted by molar-refractivity contribution is 5.97. The molecule has 0 aromatic heterocycles. The molecule has 0 aliphatic rings. The molecule has 0 radical (unpaired) electrons. The molecule has 2 N–H and O–H groups in total. The van der Waals surface area contributed by atoms with Crippen LogP contribution < -0.4 is 5.73 Å². The molecule has 16 heavy (non-hydrogen) atoms. The number of nitrogens with two attached hydrogens (primary N) is 1. The summed E-state index contributed by atoms with van der Waals surface area (Å²) < 4.78 is 0. The molecule has 3 nitrogen and oxygen atoms in total. The van der Waals surface area contributed by atoms with Gasteiger partial charge in [-0.1, -0.05) is 50.8 Å². The van der Waals surface area contributed by atoms with E-state index >= 15 is 0 Å². The molecular formula is C13H19N3. The predicted molar refractivity (Wildman–Crippen MR) is 68.9 cm³/mol. The standard InChI is InChI=1S/C13H19N3/c1-4-16(10-11(2)3)15-13(14)12-8-6-5-7-9-12/h4-9,11H,1,10H2,2-3H3,(H2,14,15). The first-order chi connectivity index (χ1) is 7.63. The van der Waals surface area contributed by atoms with Crippen molar-refractivity contribution in [1.82, 2.24) is 5.01 Å². The average molecular weight is 217 g/mol. The lowest BCUT2D eigenvalue weighted by molar-refractivity contribution is 0.347. The van der Waals surface area contributed by atoms with Crippen LogP contribution in [0.25, 0.3) is 0 Å². The third-order valence-electron chi connectivity index (χ3n) is 2.07. The summed E-state index contributed by atoms with van der Waals surface area (Å²) in [6.07, 6.45) is 1.69. The van der Waals surface area contributed by atoms with Crippen LogP contribution in [-0.2, 0) is 0 Å². The van der Waals surface area contributed by atoms with Crippen molar-refractivity contribution in [3.63, 3.8) is 0 Å². The summed E-state index contributed by atoms with van der Waals surface area (Å²) in [7, 11) is 0. The molecule has 1 aromatic rings. The summed E-state index contributed by atoms with van der Waals surface area (Å²) >= 11 is 0. The first-order valence-electron chi connectivity index (χ1n) is 5.42. The molecule has 0 atom stereocenters. The smallest absolute Gasteiger partial charge is 0.151 e. The molecule has 1 aromatic carbocycles. The van der Waals surface area contributed by atoms with Gasteiger partial charge in [-0.15, -0.1) is 0 Å². The monoisotopic (exact) mass is 217 g/mol. The normalized spacial score (nSPS) is 11.6. The average Bonchev–Trinajstić information content (AvgIpc) is 2.28. The minimum absolute atomic E-state index is 0.515. The minimum Gasteiger partial charge on any atom is -0.382 e. The molecule has 0 fully saturated rings. The van der Waals surface area contributed by atoms with E-state index in [0.717, 1.165) is 12.1 Å². The van der Waals surface area contributed by atoms with Crippen molar-refractivity contribution in [2.24, 2.45) is 16.8 Å². The molecule has 1 rings (SSSR count). The lowest BCUT2D eigenvalue weighted by Crippen LogP contribution is -2.23. The SMILES string of the molecule is C=CN(CC(C)C)/N=C(\N)c1ccccc1. The van der Waals surface area contributed by atoms with Gasteiger partial charge in [-0.05, 0) is 5.92 Å². The quantitative estimate of drug-likeness (QED) is 0.467. The van der Waals surface area contributed by atoms with Gasteiger partial charge in [0.25, 0.3) is 0 Å². The van der Waals surface area contributed by atoms with Crippen LogP contribution in [0.3, 0.4) is 0 Å². The van der Waals surface area contributed by atoms with Crippen LogP contribution in [0.4, 0.5) is 0 Å². The predicted octanol–water partition coefficient (Wildman–Crippen LogP) is 2.41. The zero-order chi connectivity index (χ0) is 12.0. The van der Waals surface area contributed by atoms with E-state index in [4.69, 9.17) is 5.73 Å². The van der Waals surface area contributed by atoms with Gasteiger partial charge in [0.2, 0.25) is 0 Å². The number of rotatable bonds is 5. The highest BCUT2D eigenvalue weighted by Gasteiger charge is 2.02. The maximum atomic E-state index is 5.91. The van der Waals surface area contributed by atoms with Crippen LogP contribution in [0, 0.1) is 5.92 Å². The summed E-state index contributed by atoms with van der Waals surface area (Å²) in [6, 6.07) is 9.72. The summed E-state index contributed by atoms with van der Waals surface area (Å²) in [5.74, 6) is 1.03. The van der Waals surface area contributed by atoms with Crippen molar-refractivity contribution < 1.29 is 0 Å². The molecule has 86 valence electrons. The van der Waals surface area contributed by atoms with Gasteiger partial charge in [0.15, 0.2) is 5.84 Å². The molecule has 0 spiro atoms. The van der Waals surface area contributed by atoms with E-state index in [1.165, 1.54) is 0 Å². The molecule has 0 unspecified atom stereocenters. The highest BCUT2D eigenvalue weighted by Crippen LogP contribution is 2.03. The largest absolute Gasteiger partial charge is 0.382 e. The minimum atomic E-state index is 0.515. The lowest BCUT2D eigenvalue weighted by Gasteiger charge is -2.17. The van der Waals surface area contributed by atoms with Gasteiger partial charge in [-0.25, -0.2) is 0 Å². The Labute approximate surface area is 97.3 Å². The molecule has 0 saturated heterocycles. The van der Waals surface area contributed by atoms with Crippen molar-refractivity contribution in [2.45, 2.75) is 13.8 Å². The van der Waals surface area contributed by atoms with Gasteiger partial charge >= 0.3 is 0 Å². The molecule has 0 bridgehead atoms. The van der Waals surface area contributed by atoms with Crippen LogP contribution >= 0.6 is 0 Å². The van der Waals surface area contributed by atoms with Crippen molar-refractivity contribution in [1.29, 1.82) is 0 Å². The van der Waals surface area contributed by atoms with E-state index in [-0.39, 0.29) is 0 Å². The van der Waals surface area contributed by atoms with Crippen LogP contribution in [0.5, 0.6) is 0 Å². The van der Waals surface area contributed by atoms with E-state index in [0.29, 0.717) is 11.8 Å².